The van der Waals surface area contributed by atoms with Crippen LogP contribution in [0.4, 0.5) is 5.69 Å². The maximum atomic E-state index is 4.42. The monoisotopic (exact) mass is 323 g/mol. The van der Waals surface area contributed by atoms with Crippen molar-refractivity contribution in [1.29, 1.82) is 0 Å². The number of piperazine rings is 1. The summed E-state index contributed by atoms with van der Waals surface area (Å²) in [5.41, 5.74) is 4.42. The molecule has 0 bridgehead atoms. The Kier molecular flexibility index (Phi) is 5.11. The summed E-state index contributed by atoms with van der Waals surface area (Å²) in [5.74, 6) is 0. The fraction of sp³-hybridized carbons (Fsp3) is 0.368. The highest BCUT2D eigenvalue weighted by Gasteiger charge is 2.14. The van der Waals surface area contributed by atoms with Gasteiger partial charge < -0.3 is 9.80 Å². The molecule has 1 fully saturated rings. The molecule has 1 aliphatic rings. The van der Waals surface area contributed by atoms with E-state index in [0.717, 1.165) is 37.4 Å². The smallest absolute Gasteiger partial charge is 0.154 e. The molecule has 5 heteroatoms. The summed E-state index contributed by atoms with van der Waals surface area (Å²) in [5, 5.41) is 4.24. The Morgan fingerprint density at radius 1 is 0.875 bits per heavy atom. The molecule has 1 aromatic carbocycles. The minimum Gasteiger partial charge on any atom is -0.369 e. The Balaban J connectivity index is 0.000000815. The van der Waals surface area contributed by atoms with Crippen LogP contribution in [0.3, 0.4) is 0 Å². The van der Waals surface area contributed by atoms with Crippen molar-refractivity contribution in [2.75, 3.05) is 38.1 Å². The molecule has 0 unspecified atom stereocenters. The molecule has 5 nitrogen and oxygen atoms in total. The lowest BCUT2D eigenvalue weighted by molar-refractivity contribution is 0.313. The van der Waals surface area contributed by atoms with Crippen molar-refractivity contribution in [3.05, 3.63) is 48.9 Å². The van der Waals surface area contributed by atoms with E-state index in [1.54, 1.807) is 6.20 Å². The predicted molar refractivity (Wildman–Crippen MR) is 99.5 cm³/mol. The van der Waals surface area contributed by atoms with Gasteiger partial charge in [0.05, 0.1) is 6.20 Å². The van der Waals surface area contributed by atoms with Gasteiger partial charge in [-0.15, -0.1) is 0 Å². The van der Waals surface area contributed by atoms with Crippen molar-refractivity contribution in [1.82, 2.24) is 19.5 Å². The minimum absolute atomic E-state index is 0.873. The van der Waals surface area contributed by atoms with Crippen LogP contribution >= 0.6 is 0 Å². The van der Waals surface area contributed by atoms with Crippen molar-refractivity contribution >= 4 is 11.3 Å². The van der Waals surface area contributed by atoms with E-state index in [2.05, 4.69) is 51.2 Å². The van der Waals surface area contributed by atoms with E-state index in [4.69, 9.17) is 0 Å². The van der Waals surface area contributed by atoms with E-state index < -0.39 is 0 Å². The highest BCUT2D eigenvalue weighted by molar-refractivity contribution is 5.66. The molecule has 3 aromatic rings. The predicted octanol–water partition coefficient (Wildman–Crippen LogP) is 3.17. The van der Waals surface area contributed by atoms with E-state index in [1.807, 2.05) is 36.8 Å². The normalized spacial score (nSPS) is 15.2. The van der Waals surface area contributed by atoms with Crippen molar-refractivity contribution < 1.29 is 0 Å². The first-order valence-corrected chi connectivity index (χ1v) is 8.63. The van der Waals surface area contributed by atoms with Gasteiger partial charge >= 0.3 is 0 Å². The third-order valence-electron chi connectivity index (χ3n) is 4.32. The van der Waals surface area contributed by atoms with Gasteiger partial charge in [0.1, 0.15) is 0 Å². The summed E-state index contributed by atoms with van der Waals surface area (Å²) in [6, 6.07) is 10.6. The van der Waals surface area contributed by atoms with Crippen LogP contribution in [0.1, 0.15) is 13.8 Å². The second kappa shape index (κ2) is 7.45. The molecule has 24 heavy (non-hydrogen) atoms. The summed E-state index contributed by atoms with van der Waals surface area (Å²) in [6.07, 6.45) is 5.69. The molecule has 0 N–H and O–H groups in total. The number of likely N-dealkylation sites (N-methyl/N-ethyl adjacent to an activating group) is 1. The lowest BCUT2D eigenvalue weighted by atomic mass is 10.1. The molecule has 4 rings (SSSR count). The van der Waals surface area contributed by atoms with Crippen LogP contribution in [0.15, 0.2) is 48.9 Å². The second-order valence-electron chi connectivity index (χ2n) is 5.81. The van der Waals surface area contributed by atoms with Crippen LogP contribution in [-0.4, -0.2) is 52.7 Å². The van der Waals surface area contributed by atoms with Gasteiger partial charge in [-0.2, -0.15) is 5.10 Å². The number of anilines is 1. The highest BCUT2D eigenvalue weighted by Crippen LogP contribution is 2.23. The van der Waals surface area contributed by atoms with Gasteiger partial charge in [0.2, 0.25) is 0 Å². The first kappa shape index (κ1) is 16.5. The van der Waals surface area contributed by atoms with Crippen LogP contribution in [0.25, 0.3) is 16.8 Å². The van der Waals surface area contributed by atoms with E-state index in [-0.39, 0.29) is 0 Å². The molecule has 1 aliphatic heterocycles. The molecule has 0 radical (unpaired) electrons. The molecule has 2 aromatic heterocycles. The third kappa shape index (κ3) is 3.41. The average molecular weight is 323 g/mol. The number of aromatic nitrogens is 3. The topological polar surface area (TPSA) is 36.7 Å². The molecule has 1 saturated heterocycles. The first-order chi connectivity index (χ1) is 11.8. The Morgan fingerprint density at radius 3 is 2.29 bits per heavy atom. The van der Waals surface area contributed by atoms with Crippen molar-refractivity contribution in [3.8, 4) is 11.1 Å². The number of nitrogens with zero attached hydrogens (tertiary/aromatic N) is 5. The molecule has 3 heterocycles. The van der Waals surface area contributed by atoms with E-state index in [0.29, 0.717) is 0 Å². The van der Waals surface area contributed by atoms with Gasteiger partial charge in [-0.05, 0) is 24.7 Å². The van der Waals surface area contributed by atoms with Gasteiger partial charge in [-0.25, -0.2) is 9.50 Å². The maximum absolute atomic E-state index is 4.42. The number of hydrogen-bond donors (Lipinski definition) is 0. The Bertz CT molecular complexity index is 770. The van der Waals surface area contributed by atoms with Gasteiger partial charge in [-0.1, -0.05) is 26.0 Å². The molecule has 0 saturated carbocycles. The third-order valence-corrected chi connectivity index (χ3v) is 4.32. The molecule has 0 spiro atoms. The summed E-state index contributed by atoms with van der Waals surface area (Å²) in [4.78, 5) is 9.24. The van der Waals surface area contributed by atoms with Crippen LogP contribution in [0.2, 0.25) is 0 Å². The van der Waals surface area contributed by atoms with E-state index in [9.17, 15) is 0 Å². The SMILES string of the molecule is CC.CN1CCN(c2ccc(-c3cnc4ccnn4c3)cc2)CC1. The Hall–Kier alpha value is -2.40. The zero-order chi connectivity index (χ0) is 16.9. The standard InChI is InChI=1S/C17H19N5.C2H6/c1-20-8-10-21(11-9-20)16-4-2-14(3-5-16)15-12-18-17-6-7-19-22(17)13-15;1-2/h2-7,12-13H,8-11H2,1H3;1-2H3. The summed E-state index contributed by atoms with van der Waals surface area (Å²) in [6.45, 7) is 8.44. The van der Waals surface area contributed by atoms with Gasteiger partial charge in [0.25, 0.3) is 0 Å². The second-order valence-corrected chi connectivity index (χ2v) is 5.81. The van der Waals surface area contributed by atoms with Crippen LogP contribution in [0, 0.1) is 0 Å². The molecule has 0 atom stereocenters. The highest BCUT2D eigenvalue weighted by atomic mass is 15.2. The minimum atomic E-state index is 0.873. The molecular formula is C19H25N5. The van der Waals surface area contributed by atoms with Crippen LogP contribution < -0.4 is 4.90 Å². The number of hydrogen-bond acceptors (Lipinski definition) is 4. The van der Waals surface area contributed by atoms with E-state index >= 15 is 0 Å². The molecule has 126 valence electrons. The van der Waals surface area contributed by atoms with Crippen molar-refractivity contribution in [3.63, 3.8) is 0 Å². The van der Waals surface area contributed by atoms with Crippen LogP contribution in [0.5, 0.6) is 0 Å². The maximum Gasteiger partial charge on any atom is 0.154 e. The molecular weight excluding hydrogens is 298 g/mol. The largest absolute Gasteiger partial charge is 0.369 e. The summed E-state index contributed by atoms with van der Waals surface area (Å²) in [7, 11) is 2.18. The molecule has 0 aliphatic carbocycles. The first-order valence-electron chi connectivity index (χ1n) is 8.63. The van der Waals surface area contributed by atoms with Crippen molar-refractivity contribution in [2.24, 2.45) is 0 Å². The fourth-order valence-corrected chi connectivity index (χ4v) is 2.89. The lowest BCUT2D eigenvalue weighted by Gasteiger charge is -2.34. The Morgan fingerprint density at radius 2 is 1.58 bits per heavy atom. The number of fused-ring (bicyclic) bond motifs is 1. The Labute approximate surface area is 143 Å². The average Bonchev–Trinajstić information content (AvgIpc) is 3.12. The quantitative estimate of drug-likeness (QED) is 0.726. The van der Waals surface area contributed by atoms with Crippen molar-refractivity contribution in [2.45, 2.75) is 13.8 Å². The fourth-order valence-electron chi connectivity index (χ4n) is 2.89. The number of rotatable bonds is 2. The van der Waals surface area contributed by atoms with E-state index in [1.165, 1.54) is 11.3 Å². The van der Waals surface area contributed by atoms with Crippen LogP contribution in [-0.2, 0) is 0 Å². The molecule has 0 amide bonds. The van der Waals surface area contributed by atoms with Gasteiger partial charge in [0, 0.05) is 55.9 Å². The summed E-state index contributed by atoms with van der Waals surface area (Å²) >= 11 is 0. The van der Waals surface area contributed by atoms with Gasteiger partial charge in [-0.3, -0.25) is 0 Å². The number of benzene rings is 1. The zero-order valence-corrected chi connectivity index (χ0v) is 14.7. The van der Waals surface area contributed by atoms with Gasteiger partial charge in [0.15, 0.2) is 5.65 Å². The summed E-state index contributed by atoms with van der Waals surface area (Å²) < 4.78 is 1.81. The zero-order valence-electron chi connectivity index (χ0n) is 14.7. The lowest BCUT2D eigenvalue weighted by Crippen LogP contribution is -2.44.